The number of anilines is 3. The maximum atomic E-state index is 15.0. The summed E-state index contributed by atoms with van der Waals surface area (Å²) in [5.74, 6) is -0.0957. The van der Waals surface area contributed by atoms with Gasteiger partial charge in [-0.3, -0.25) is 9.69 Å². The van der Waals surface area contributed by atoms with Crippen molar-refractivity contribution in [3.05, 3.63) is 53.4 Å². The third kappa shape index (κ3) is 6.15. The number of aromatic hydroxyl groups is 1. The number of nitrogens with zero attached hydrogens (tertiary/aromatic N) is 4. The monoisotopic (exact) mass is 581 g/mol. The summed E-state index contributed by atoms with van der Waals surface area (Å²) in [6, 6.07) is 9.37. The fourth-order valence-corrected chi connectivity index (χ4v) is 5.39. The van der Waals surface area contributed by atoms with E-state index in [2.05, 4.69) is 25.8 Å². The first-order chi connectivity index (χ1) is 19.7. The number of aromatic nitrogens is 1. The lowest BCUT2D eigenvalue weighted by Gasteiger charge is -2.31. The maximum Gasteiger partial charge on any atom is 0.324 e. The molecule has 216 valence electrons. The molecule has 2 aromatic carbocycles. The van der Waals surface area contributed by atoms with E-state index in [9.17, 15) is 14.7 Å². The molecule has 0 atom stereocenters. The first kappa shape index (κ1) is 28.4. The molecule has 0 unspecified atom stereocenters. The molecule has 3 aromatic rings. The SMILES string of the molecule is CC(=O)NCCNc1ncc(-c2cc(F)cc(-c3ccc(N4CCN(C)C4=O)c(Cl)c3)c2O)cc1N1CCNCC1. The predicted octanol–water partition coefficient (Wildman–Crippen LogP) is 3.74. The number of nitrogens with one attached hydrogen (secondary N) is 3. The van der Waals surface area contributed by atoms with Gasteiger partial charge in [-0.05, 0) is 35.9 Å². The van der Waals surface area contributed by atoms with E-state index in [1.54, 1.807) is 41.2 Å². The summed E-state index contributed by atoms with van der Waals surface area (Å²) in [6.07, 6.45) is 1.59. The van der Waals surface area contributed by atoms with Gasteiger partial charge in [0.05, 0.1) is 16.4 Å². The van der Waals surface area contributed by atoms with Gasteiger partial charge in [-0.1, -0.05) is 17.7 Å². The maximum absolute atomic E-state index is 15.0. The van der Waals surface area contributed by atoms with Crippen molar-refractivity contribution in [3.8, 4) is 28.0 Å². The highest BCUT2D eigenvalue weighted by Crippen LogP contribution is 2.42. The number of urea groups is 1. The lowest BCUT2D eigenvalue weighted by molar-refractivity contribution is -0.118. The molecule has 0 saturated carbocycles. The van der Waals surface area contributed by atoms with Crippen molar-refractivity contribution in [2.24, 2.45) is 0 Å². The molecule has 1 aromatic heterocycles. The van der Waals surface area contributed by atoms with E-state index in [1.165, 1.54) is 19.1 Å². The molecule has 12 heteroatoms. The molecule has 0 radical (unpaired) electrons. The predicted molar refractivity (Wildman–Crippen MR) is 159 cm³/mol. The molecule has 4 N–H and O–H groups in total. The number of rotatable bonds is 8. The van der Waals surface area contributed by atoms with Crippen molar-refractivity contribution in [2.45, 2.75) is 6.92 Å². The van der Waals surface area contributed by atoms with E-state index in [0.29, 0.717) is 59.4 Å². The van der Waals surface area contributed by atoms with Crippen LogP contribution < -0.4 is 25.8 Å². The molecule has 41 heavy (non-hydrogen) atoms. The molecule has 2 aliphatic rings. The Balaban J connectivity index is 1.48. The minimum Gasteiger partial charge on any atom is -0.507 e. The lowest BCUT2D eigenvalue weighted by atomic mass is 9.97. The van der Waals surface area contributed by atoms with Crippen molar-refractivity contribution >= 4 is 40.7 Å². The van der Waals surface area contributed by atoms with Gasteiger partial charge in [-0.25, -0.2) is 14.2 Å². The van der Waals surface area contributed by atoms with Crippen LogP contribution in [-0.4, -0.2) is 86.3 Å². The molecule has 2 fully saturated rings. The molecule has 0 aliphatic carbocycles. The van der Waals surface area contributed by atoms with Gasteiger partial charge in [0.15, 0.2) is 0 Å². The summed E-state index contributed by atoms with van der Waals surface area (Å²) in [5.41, 5.74) is 3.03. The Morgan fingerprint density at radius 3 is 2.44 bits per heavy atom. The summed E-state index contributed by atoms with van der Waals surface area (Å²) >= 11 is 6.58. The summed E-state index contributed by atoms with van der Waals surface area (Å²) in [6.45, 7) is 6.63. The number of phenolic OH excluding ortho intramolecular Hbond substituents is 1. The van der Waals surface area contributed by atoms with Crippen molar-refractivity contribution in [2.75, 3.05) is 74.5 Å². The standard InChI is InChI=1S/C29H33ClFN7O3/c1-18(39)33-5-6-34-28-26(37-9-7-32-8-10-37)14-20(17-35-28)23-16-21(31)15-22(27(23)40)19-3-4-25(24(30)13-19)38-12-11-36(2)29(38)41/h3-4,13-17,32,40H,5-12H2,1-2H3,(H,33,39)(H,34,35). The molecule has 10 nitrogen and oxygen atoms in total. The summed E-state index contributed by atoms with van der Waals surface area (Å²) in [5, 5.41) is 21.1. The minimum absolute atomic E-state index is 0.105. The fraction of sp³-hybridized carbons (Fsp3) is 0.345. The van der Waals surface area contributed by atoms with E-state index in [1.807, 2.05) is 6.07 Å². The van der Waals surface area contributed by atoms with E-state index in [0.717, 1.165) is 31.9 Å². The van der Waals surface area contributed by atoms with Crippen LogP contribution in [0.5, 0.6) is 5.75 Å². The van der Waals surface area contributed by atoms with Crippen LogP contribution >= 0.6 is 11.6 Å². The Kier molecular flexibility index (Phi) is 8.46. The normalized spacial score (nSPS) is 15.4. The van der Waals surface area contributed by atoms with Crippen LogP contribution in [0, 0.1) is 5.82 Å². The van der Waals surface area contributed by atoms with Crippen molar-refractivity contribution in [1.82, 2.24) is 20.5 Å². The second-order valence-electron chi connectivity index (χ2n) is 10.1. The first-order valence-corrected chi connectivity index (χ1v) is 13.9. The topological polar surface area (TPSA) is 113 Å². The number of carbonyl (C=O) groups is 2. The molecule has 2 aliphatic heterocycles. The van der Waals surface area contributed by atoms with E-state index in [4.69, 9.17) is 11.6 Å². The van der Waals surface area contributed by atoms with Crippen molar-refractivity contribution < 1.29 is 19.1 Å². The van der Waals surface area contributed by atoms with Crippen LogP contribution in [0.1, 0.15) is 6.92 Å². The van der Waals surface area contributed by atoms with Crippen LogP contribution in [0.15, 0.2) is 42.6 Å². The summed E-state index contributed by atoms with van der Waals surface area (Å²) in [7, 11) is 1.73. The molecule has 0 spiro atoms. The number of pyridine rings is 1. The Labute approximate surface area is 243 Å². The molecule has 0 bridgehead atoms. The zero-order valence-corrected chi connectivity index (χ0v) is 23.8. The van der Waals surface area contributed by atoms with Gasteiger partial charge >= 0.3 is 6.03 Å². The van der Waals surface area contributed by atoms with Gasteiger partial charge in [0.2, 0.25) is 5.91 Å². The number of carbonyl (C=O) groups excluding carboxylic acids is 2. The zero-order chi connectivity index (χ0) is 29.1. The number of amides is 3. The molecule has 3 heterocycles. The summed E-state index contributed by atoms with van der Waals surface area (Å²) < 4.78 is 15.0. The van der Waals surface area contributed by atoms with Gasteiger partial charge in [0.25, 0.3) is 0 Å². The average molecular weight is 582 g/mol. The number of piperazine rings is 1. The number of hydrogen-bond acceptors (Lipinski definition) is 7. The van der Waals surface area contributed by atoms with Gasteiger partial charge in [0.1, 0.15) is 17.4 Å². The van der Waals surface area contributed by atoms with Gasteiger partial charge in [0, 0.05) is 89.2 Å². The number of likely N-dealkylation sites (N-methyl/N-ethyl adjacent to an activating group) is 1. The van der Waals surface area contributed by atoms with Crippen LogP contribution in [0.25, 0.3) is 22.3 Å². The van der Waals surface area contributed by atoms with Crippen molar-refractivity contribution in [1.29, 1.82) is 0 Å². The lowest BCUT2D eigenvalue weighted by Crippen LogP contribution is -2.44. The quantitative estimate of drug-likeness (QED) is 0.300. The van der Waals surface area contributed by atoms with Gasteiger partial charge in [-0.2, -0.15) is 0 Å². The Bertz CT molecular complexity index is 1460. The van der Waals surface area contributed by atoms with Crippen molar-refractivity contribution in [3.63, 3.8) is 0 Å². The molecular weight excluding hydrogens is 549 g/mol. The first-order valence-electron chi connectivity index (χ1n) is 13.5. The van der Waals surface area contributed by atoms with Crippen LogP contribution in [0.4, 0.5) is 26.4 Å². The Hall–Kier alpha value is -4.09. The third-order valence-electron chi connectivity index (χ3n) is 7.27. The fourth-order valence-electron chi connectivity index (χ4n) is 5.11. The highest BCUT2D eigenvalue weighted by Gasteiger charge is 2.28. The molecule has 3 amide bonds. The summed E-state index contributed by atoms with van der Waals surface area (Å²) in [4.78, 5) is 33.7. The van der Waals surface area contributed by atoms with Crippen LogP contribution in [-0.2, 0) is 4.79 Å². The molecule has 2 saturated heterocycles. The number of phenols is 1. The highest BCUT2D eigenvalue weighted by molar-refractivity contribution is 6.34. The van der Waals surface area contributed by atoms with Crippen LogP contribution in [0.2, 0.25) is 5.02 Å². The van der Waals surface area contributed by atoms with E-state index in [-0.39, 0.29) is 23.3 Å². The smallest absolute Gasteiger partial charge is 0.324 e. The Morgan fingerprint density at radius 2 is 1.78 bits per heavy atom. The number of halogens is 2. The largest absolute Gasteiger partial charge is 0.507 e. The number of benzene rings is 2. The molecular formula is C29H33ClFN7O3. The third-order valence-corrected chi connectivity index (χ3v) is 7.57. The molecule has 5 rings (SSSR count). The van der Waals surface area contributed by atoms with E-state index >= 15 is 4.39 Å². The highest BCUT2D eigenvalue weighted by atomic mass is 35.5. The Morgan fingerprint density at radius 1 is 1.05 bits per heavy atom. The van der Waals surface area contributed by atoms with Gasteiger partial charge < -0.3 is 30.9 Å². The number of hydrogen-bond donors (Lipinski definition) is 4. The second-order valence-corrected chi connectivity index (χ2v) is 10.5. The van der Waals surface area contributed by atoms with E-state index < -0.39 is 5.82 Å². The minimum atomic E-state index is -0.523. The van der Waals surface area contributed by atoms with Crippen LogP contribution in [0.3, 0.4) is 0 Å². The zero-order valence-electron chi connectivity index (χ0n) is 23.0. The average Bonchev–Trinajstić information content (AvgIpc) is 3.30. The van der Waals surface area contributed by atoms with Gasteiger partial charge in [-0.15, -0.1) is 0 Å². The second kappa shape index (κ2) is 12.2.